The number of nitrogens with one attached hydrogen (secondary N) is 1. The number of ketones is 1. The molecule has 1 N–H and O–H groups in total. The first kappa shape index (κ1) is 25.9. The lowest BCUT2D eigenvalue weighted by Gasteiger charge is -2.10. The highest BCUT2D eigenvalue weighted by Crippen LogP contribution is 2.29. The molecule has 0 unspecified atom stereocenters. The number of aromatic nitrogens is 2. The highest BCUT2D eigenvalue weighted by atomic mass is 32.2. The van der Waals surface area contributed by atoms with Crippen molar-refractivity contribution in [2.45, 2.75) is 25.0 Å². The van der Waals surface area contributed by atoms with Crippen molar-refractivity contribution in [2.75, 3.05) is 17.7 Å². The number of halogens is 3. The monoisotopic (exact) mass is 503 g/mol. The van der Waals surface area contributed by atoms with Crippen LogP contribution in [0.2, 0.25) is 0 Å². The van der Waals surface area contributed by atoms with Crippen molar-refractivity contribution in [3.8, 4) is 0 Å². The predicted molar refractivity (Wildman–Crippen MR) is 123 cm³/mol. The Balaban J connectivity index is 1.57. The molecule has 0 saturated heterocycles. The number of hydrogen-bond donors (Lipinski definition) is 1. The maximum absolute atomic E-state index is 12.6. The molecule has 0 bridgehead atoms. The van der Waals surface area contributed by atoms with E-state index >= 15 is 0 Å². The molecule has 3 rings (SSSR count). The lowest BCUT2D eigenvalue weighted by molar-refractivity contribution is -0.137. The van der Waals surface area contributed by atoms with Gasteiger partial charge in [-0.25, -0.2) is 14.8 Å². The van der Waals surface area contributed by atoms with Crippen LogP contribution in [0.4, 0.5) is 19.0 Å². The van der Waals surface area contributed by atoms with Crippen molar-refractivity contribution in [2.24, 2.45) is 0 Å². The average molecular weight is 504 g/mol. The van der Waals surface area contributed by atoms with E-state index < -0.39 is 30.2 Å². The summed E-state index contributed by atoms with van der Waals surface area (Å²) in [5.74, 6) is -1.92. The van der Waals surface area contributed by atoms with E-state index in [0.29, 0.717) is 11.8 Å². The summed E-state index contributed by atoms with van der Waals surface area (Å²) in [5, 5.41) is 2.58. The molecule has 0 atom stereocenters. The Morgan fingerprint density at radius 3 is 2.46 bits per heavy atom. The second kappa shape index (κ2) is 11.1. The molecule has 0 fully saturated rings. The number of carbonyl (C=O) groups is 3. The number of pyridine rings is 2. The summed E-state index contributed by atoms with van der Waals surface area (Å²) in [6.07, 6.45) is -2.48. The SMILES string of the molecule is Cc1ccc(C(=O)COC(=O)c2cccnc2SCC(=O)Nc2ccc(C(F)(F)F)cn2)c(C)c1. The van der Waals surface area contributed by atoms with Gasteiger partial charge in [-0.15, -0.1) is 0 Å². The van der Waals surface area contributed by atoms with E-state index in [-0.39, 0.29) is 27.9 Å². The quantitative estimate of drug-likeness (QED) is 0.266. The van der Waals surface area contributed by atoms with Crippen LogP contribution in [0, 0.1) is 13.8 Å². The van der Waals surface area contributed by atoms with E-state index in [1.165, 1.54) is 18.3 Å². The zero-order valence-corrected chi connectivity index (χ0v) is 19.5. The lowest BCUT2D eigenvalue weighted by Crippen LogP contribution is -2.17. The summed E-state index contributed by atoms with van der Waals surface area (Å²) in [6.45, 7) is 3.24. The van der Waals surface area contributed by atoms with Gasteiger partial charge in [-0.3, -0.25) is 9.59 Å². The summed E-state index contributed by atoms with van der Waals surface area (Å²) in [5.41, 5.74) is 1.38. The fraction of sp³-hybridized carbons (Fsp3) is 0.208. The Morgan fingerprint density at radius 1 is 1.03 bits per heavy atom. The molecule has 0 spiro atoms. The van der Waals surface area contributed by atoms with Gasteiger partial charge >= 0.3 is 12.1 Å². The Morgan fingerprint density at radius 2 is 1.80 bits per heavy atom. The zero-order chi connectivity index (χ0) is 25.6. The van der Waals surface area contributed by atoms with Crippen molar-refractivity contribution in [3.63, 3.8) is 0 Å². The predicted octanol–water partition coefficient (Wildman–Crippen LogP) is 4.88. The number of hydrogen-bond acceptors (Lipinski definition) is 7. The Bertz CT molecular complexity index is 1250. The number of Topliss-reactive ketones (excluding diaryl/α,β-unsaturated/α-hetero) is 1. The highest BCUT2D eigenvalue weighted by molar-refractivity contribution is 8.00. The molecule has 0 radical (unpaired) electrons. The molecule has 35 heavy (non-hydrogen) atoms. The zero-order valence-electron chi connectivity index (χ0n) is 18.7. The maximum Gasteiger partial charge on any atom is 0.417 e. The second-order valence-electron chi connectivity index (χ2n) is 7.44. The molecule has 182 valence electrons. The van der Waals surface area contributed by atoms with Crippen LogP contribution < -0.4 is 5.32 Å². The molecule has 3 aromatic rings. The number of benzene rings is 1. The van der Waals surface area contributed by atoms with Crippen molar-refractivity contribution >= 4 is 35.2 Å². The first-order valence-corrected chi connectivity index (χ1v) is 11.2. The van der Waals surface area contributed by atoms with Crippen LogP contribution in [-0.4, -0.2) is 40.0 Å². The molecule has 0 saturated carbocycles. The number of nitrogens with zero attached hydrogens (tertiary/aromatic N) is 2. The highest BCUT2D eigenvalue weighted by Gasteiger charge is 2.30. The smallest absolute Gasteiger partial charge is 0.417 e. The van der Waals surface area contributed by atoms with Crippen LogP contribution in [-0.2, 0) is 15.7 Å². The van der Waals surface area contributed by atoms with Gasteiger partial charge in [0.15, 0.2) is 6.61 Å². The van der Waals surface area contributed by atoms with Gasteiger partial charge in [0.25, 0.3) is 0 Å². The summed E-state index contributed by atoms with van der Waals surface area (Å²) in [6, 6.07) is 10.1. The molecule has 7 nitrogen and oxygen atoms in total. The number of alkyl halides is 3. The van der Waals surface area contributed by atoms with E-state index in [4.69, 9.17) is 4.74 Å². The number of ether oxygens (including phenoxy) is 1. The molecule has 2 heterocycles. The molecular formula is C24H20F3N3O4S. The van der Waals surface area contributed by atoms with Crippen molar-refractivity contribution < 1.29 is 32.3 Å². The van der Waals surface area contributed by atoms with Gasteiger partial charge in [0.05, 0.1) is 16.9 Å². The largest absolute Gasteiger partial charge is 0.454 e. The normalized spacial score (nSPS) is 11.1. The Labute approximate surface area is 203 Å². The lowest BCUT2D eigenvalue weighted by atomic mass is 10.0. The number of aryl methyl sites for hydroxylation is 2. The van der Waals surface area contributed by atoms with Crippen LogP contribution >= 0.6 is 11.8 Å². The van der Waals surface area contributed by atoms with E-state index in [1.54, 1.807) is 19.1 Å². The minimum absolute atomic E-state index is 0.0471. The third-order valence-electron chi connectivity index (χ3n) is 4.71. The maximum atomic E-state index is 12.6. The van der Waals surface area contributed by atoms with Gasteiger partial charge in [0.2, 0.25) is 11.7 Å². The minimum Gasteiger partial charge on any atom is -0.454 e. The van der Waals surface area contributed by atoms with Crippen molar-refractivity contribution in [3.05, 3.63) is 82.7 Å². The summed E-state index contributed by atoms with van der Waals surface area (Å²) in [7, 11) is 0. The first-order valence-electron chi connectivity index (χ1n) is 10.2. The third-order valence-corrected chi connectivity index (χ3v) is 5.71. The summed E-state index contributed by atoms with van der Waals surface area (Å²) in [4.78, 5) is 44.9. The van der Waals surface area contributed by atoms with E-state index in [0.717, 1.165) is 35.0 Å². The first-order chi connectivity index (χ1) is 16.5. The van der Waals surface area contributed by atoms with E-state index in [9.17, 15) is 27.6 Å². The van der Waals surface area contributed by atoms with E-state index in [2.05, 4.69) is 15.3 Å². The molecule has 2 aromatic heterocycles. The van der Waals surface area contributed by atoms with Crippen LogP contribution in [0.1, 0.15) is 37.4 Å². The van der Waals surface area contributed by atoms with Crippen LogP contribution in [0.15, 0.2) is 59.9 Å². The number of esters is 1. The third kappa shape index (κ3) is 7.12. The molecule has 11 heteroatoms. The molecule has 1 amide bonds. The summed E-state index contributed by atoms with van der Waals surface area (Å²) < 4.78 is 43.0. The van der Waals surface area contributed by atoms with Gasteiger partial charge in [0, 0.05) is 18.0 Å². The second-order valence-corrected chi connectivity index (χ2v) is 8.40. The number of anilines is 1. The van der Waals surface area contributed by atoms with Crippen molar-refractivity contribution in [1.29, 1.82) is 0 Å². The standard InChI is InChI=1S/C24H20F3N3O4S/c1-14-5-7-17(15(2)10-14)19(31)12-34-23(33)18-4-3-9-28-22(18)35-13-21(32)30-20-8-6-16(11-29-20)24(25,26)27/h3-11H,12-13H2,1-2H3,(H,29,30,32). The molecular weight excluding hydrogens is 483 g/mol. The minimum atomic E-state index is -4.53. The average Bonchev–Trinajstić information content (AvgIpc) is 2.81. The number of rotatable bonds is 8. The number of thioether (sulfide) groups is 1. The fourth-order valence-corrected chi connectivity index (χ4v) is 3.80. The Hall–Kier alpha value is -3.73. The Kier molecular flexibility index (Phi) is 8.23. The van der Waals surface area contributed by atoms with Gasteiger partial charge in [-0.1, -0.05) is 35.5 Å². The van der Waals surface area contributed by atoms with Gasteiger partial charge in [-0.2, -0.15) is 13.2 Å². The molecule has 0 aliphatic heterocycles. The van der Waals surface area contributed by atoms with Crippen LogP contribution in [0.3, 0.4) is 0 Å². The fourth-order valence-electron chi connectivity index (χ4n) is 3.02. The van der Waals surface area contributed by atoms with Gasteiger partial charge in [0.1, 0.15) is 10.8 Å². The van der Waals surface area contributed by atoms with E-state index in [1.807, 2.05) is 13.0 Å². The number of carbonyl (C=O) groups excluding carboxylic acids is 3. The van der Waals surface area contributed by atoms with Gasteiger partial charge < -0.3 is 10.1 Å². The topological polar surface area (TPSA) is 98.3 Å². The molecule has 1 aromatic carbocycles. The summed E-state index contributed by atoms with van der Waals surface area (Å²) >= 11 is 0.928. The van der Waals surface area contributed by atoms with Crippen LogP contribution in [0.5, 0.6) is 0 Å². The van der Waals surface area contributed by atoms with Gasteiger partial charge in [-0.05, 0) is 43.7 Å². The van der Waals surface area contributed by atoms with Crippen molar-refractivity contribution in [1.82, 2.24) is 9.97 Å². The van der Waals surface area contributed by atoms with Crippen LogP contribution in [0.25, 0.3) is 0 Å². The number of amides is 1. The molecule has 0 aliphatic carbocycles. The molecule has 0 aliphatic rings.